The number of hydrogen-bond acceptors (Lipinski definition) is 3. The lowest BCUT2D eigenvalue weighted by molar-refractivity contribution is -0.135. The first-order valence-electron chi connectivity index (χ1n) is 9.07. The van der Waals surface area contributed by atoms with Crippen molar-refractivity contribution < 1.29 is 14.4 Å². The first kappa shape index (κ1) is 17.5. The van der Waals surface area contributed by atoms with Crippen molar-refractivity contribution in [3.05, 3.63) is 35.9 Å². The summed E-state index contributed by atoms with van der Waals surface area (Å²) in [5.41, 5.74) is 1.26. The highest BCUT2D eigenvalue weighted by Crippen LogP contribution is 2.22. The number of nitrogens with one attached hydrogen (secondary N) is 1. The molecule has 0 bridgehead atoms. The molecule has 4 amide bonds. The molecule has 2 aliphatic rings. The molecule has 6 nitrogen and oxygen atoms in total. The molecule has 0 unspecified atom stereocenters. The zero-order chi connectivity index (χ0) is 17.6. The SMILES string of the molecule is O=C1CNC(=O)N1CCCC(=O)N1CCCC[C@@H]1Cc1ccccc1. The van der Waals surface area contributed by atoms with Crippen molar-refractivity contribution in [2.45, 2.75) is 44.6 Å². The second-order valence-corrected chi connectivity index (χ2v) is 6.73. The number of carbonyl (C=O) groups is 3. The van der Waals surface area contributed by atoms with Crippen LogP contribution in [0, 0.1) is 0 Å². The summed E-state index contributed by atoms with van der Waals surface area (Å²) in [7, 11) is 0. The number of benzene rings is 1. The summed E-state index contributed by atoms with van der Waals surface area (Å²) in [6, 6.07) is 10.2. The molecule has 0 saturated carbocycles. The Morgan fingerprint density at radius 1 is 1.16 bits per heavy atom. The first-order valence-corrected chi connectivity index (χ1v) is 9.07. The van der Waals surface area contributed by atoms with Crippen LogP contribution in [0.1, 0.15) is 37.7 Å². The Balaban J connectivity index is 1.52. The van der Waals surface area contributed by atoms with E-state index in [4.69, 9.17) is 0 Å². The first-order chi connectivity index (χ1) is 12.1. The van der Waals surface area contributed by atoms with Crippen molar-refractivity contribution in [3.63, 3.8) is 0 Å². The highest BCUT2D eigenvalue weighted by Gasteiger charge is 2.29. The second-order valence-electron chi connectivity index (χ2n) is 6.73. The standard InChI is InChI=1S/C19H25N3O3/c23-17(10-6-12-22-18(24)14-20-19(22)25)21-11-5-4-9-16(21)13-15-7-2-1-3-8-15/h1-3,7-8,16H,4-6,9-14H2,(H,20,25)/t16-/m1/s1. The summed E-state index contributed by atoms with van der Waals surface area (Å²) in [5, 5.41) is 2.50. The molecule has 0 aromatic heterocycles. The number of likely N-dealkylation sites (tertiary alicyclic amines) is 1. The molecule has 2 fully saturated rings. The topological polar surface area (TPSA) is 69.7 Å². The van der Waals surface area contributed by atoms with Crippen LogP contribution in [0.5, 0.6) is 0 Å². The summed E-state index contributed by atoms with van der Waals surface area (Å²) in [6.45, 7) is 1.19. The van der Waals surface area contributed by atoms with Crippen molar-refractivity contribution in [1.29, 1.82) is 0 Å². The molecule has 1 aromatic rings. The molecule has 0 aliphatic carbocycles. The van der Waals surface area contributed by atoms with E-state index in [1.807, 2.05) is 23.1 Å². The second kappa shape index (κ2) is 8.14. The average Bonchev–Trinajstić information content (AvgIpc) is 2.95. The number of amides is 4. The Morgan fingerprint density at radius 3 is 2.68 bits per heavy atom. The van der Waals surface area contributed by atoms with Crippen LogP contribution in [0.2, 0.25) is 0 Å². The minimum absolute atomic E-state index is 0.0675. The Hall–Kier alpha value is -2.37. The third-order valence-electron chi connectivity index (χ3n) is 4.97. The van der Waals surface area contributed by atoms with Gasteiger partial charge in [-0.1, -0.05) is 30.3 Å². The van der Waals surface area contributed by atoms with Gasteiger partial charge in [0.15, 0.2) is 0 Å². The summed E-state index contributed by atoms with van der Waals surface area (Å²) in [4.78, 5) is 38.9. The highest BCUT2D eigenvalue weighted by molar-refractivity contribution is 6.01. The van der Waals surface area contributed by atoms with Crippen LogP contribution >= 0.6 is 0 Å². The van der Waals surface area contributed by atoms with E-state index in [0.29, 0.717) is 19.4 Å². The lowest BCUT2D eigenvalue weighted by atomic mass is 9.95. The molecule has 2 aliphatic heterocycles. The normalized spacial score (nSPS) is 20.7. The molecule has 1 aromatic carbocycles. The lowest BCUT2D eigenvalue weighted by Gasteiger charge is -2.36. The van der Waals surface area contributed by atoms with Crippen molar-refractivity contribution in [2.75, 3.05) is 19.6 Å². The molecule has 3 rings (SSSR count). The van der Waals surface area contributed by atoms with Gasteiger partial charge in [-0.2, -0.15) is 0 Å². The van der Waals surface area contributed by atoms with Crippen LogP contribution in [0.15, 0.2) is 30.3 Å². The van der Waals surface area contributed by atoms with E-state index >= 15 is 0 Å². The fourth-order valence-electron chi connectivity index (χ4n) is 3.64. The van der Waals surface area contributed by atoms with Gasteiger partial charge in [0.2, 0.25) is 11.8 Å². The summed E-state index contributed by atoms with van der Waals surface area (Å²) in [6.07, 6.45) is 5.02. The largest absolute Gasteiger partial charge is 0.339 e. The predicted octanol–water partition coefficient (Wildman–Crippen LogP) is 1.94. The number of carbonyl (C=O) groups excluding carboxylic acids is 3. The van der Waals surface area contributed by atoms with Crippen LogP contribution in [-0.2, 0) is 16.0 Å². The van der Waals surface area contributed by atoms with Crippen LogP contribution in [0.4, 0.5) is 4.79 Å². The van der Waals surface area contributed by atoms with Crippen molar-refractivity contribution in [2.24, 2.45) is 0 Å². The van der Waals surface area contributed by atoms with Crippen molar-refractivity contribution in [3.8, 4) is 0 Å². The Bertz CT molecular complexity index is 616. The predicted molar refractivity (Wildman–Crippen MR) is 93.8 cm³/mol. The van der Waals surface area contributed by atoms with E-state index in [0.717, 1.165) is 32.2 Å². The van der Waals surface area contributed by atoms with Gasteiger partial charge in [0.1, 0.15) is 0 Å². The zero-order valence-corrected chi connectivity index (χ0v) is 14.4. The maximum atomic E-state index is 12.7. The monoisotopic (exact) mass is 343 g/mol. The molecule has 1 atom stereocenters. The van der Waals surface area contributed by atoms with Crippen LogP contribution < -0.4 is 5.32 Å². The molecule has 25 heavy (non-hydrogen) atoms. The van der Waals surface area contributed by atoms with E-state index in [9.17, 15) is 14.4 Å². The molecule has 134 valence electrons. The van der Waals surface area contributed by atoms with E-state index in [1.165, 1.54) is 10.5 Å². The molecular formula is C19H25N3O3. The van der Waals surface area contributed by atoms with Crippen LogP contribution in [0.25, 0.3) is 0 Å². The van der Waals surface area contributed by atoms with Crippen LogP contribution in [-0.4, -0.2) is 53.3 Å². The Labute approximate surface area is 148 Å². The van der Waals surface area contributed by atoms with Gasteiger partial charge in [0, 0.05) is 25.6 Å². The summed E-state index contributed by atoms with van der Waals surface area (Å²) >= 11 is 0. The van der Waals surface area contributed by atoms with Gasteiger partial charge in [-0.05, 0) is 37.7 Å². The third kappa shape index (κ3) is 4.38. The fourth-order valence-corrected chi connectivity index (χ4v) is 3.64. The van der Waals surface area contributed by atoms with E-state index in [-0.39, 0.29) is 30.4 Å². The fraction of sp³-hybridized carbons (Fsp3) is 0.526. The Kier molecular flexibility index (Phi) is 5.68. The zero-order valence-electron chi connectivity index (χ0n) is 14.4. The highest BCUT2D eigenvalue weighted by atomic mass is 16.2. The molecule has 2 saturated heterocycles. The lowest BCUT2D eigenvalue weighted by Crippen LogP contribution is -2.45. The van der Waals surface area contributed by atoms with Gasteiger partial charge in [-0.3, -0.25) is 14.5 Å². The van der Waals surface area contributed by atoms with Gasteiger partial charge in [-0.25, -0.2) is 4.79 Å². The van der Waals surface area contributed by atoms with Crippen LogP contribution in [0.3, 0.4) is 0 Å². The molecule has 0 radical (unpaired) electrons. The number of urea groups is 1. The minimum atomic E-state index is -0.350. The van der Waals surface area contributed by atoms with Crippen molar-refractivity contribution in [1.82, 2.24) is 15.1 Å². The van der Waals surface area contributed by atoms with Crippen molar-refractivity contribution >= 4 is 17.8 Å². The number of hydrogen-bond donors (Lipinski definition) is 1. The quantitative estimate of drug-likeness (QED) is 0.803. The minimum Gasteiger partial charge on any atom is -0.339 e. The average molecular weight is 343 g/mol. The van der Waals surface area contributed by atoms with Gasteiger partial charge < -0.3 is 10.2 Å². The number of rotatable bonds is 6. The summed E-state index contributed by atoms with van der Waals surface area (Å²) < 4.78 is 0. The number of imide groups is 1. The van der Waals surface area contributed by atoms with E-state index < -0.39 is 0 Å². The number of nitrogens with zero attached hydrogens (tertiary/aromatic N) is 2. The Morgan fingerprint density at radius 2 is 1.96 bits per heavy atom. The van der Waals surface area contributed by atoms with Gasteiger partial charge in [-0.15, -0.1) is 0 Å². The smallest absolute Gasteiger partial charge is 0.324 e. The van der Waals surface area contributed by atoms with Gasteiger partial charge in [0.05, 0.1) is 6.54 Å². The van der Waals surface area contributed by atoms with Gasteiger partial charge in [0.25, 0.3) is 0 Å². The van der Waals surface area contributed by atoms with E-state index in [1.54, 1.807) is 0 Å². The molecule has 1 N–H and O–H groups in total. The third-order valence-corrected chi connectivity index (χ3v) is 4.97. The molecule has 0 spiro atoms. The summed E-state index contributed by atoms with van der Waals surface area (Å²) in [5.74, 6) is -0.0786. The molecule has 6 heteroatoms. The maximum absolute atomic E-state index is 12.7. The molecular weight excluding hydrogens is 318 g/mol. The number of piperidine rings is 1. The molecule has 2 heterocycles. The van der Waals surface area contributed by atoms with Gasteiger partial charge >= 0.3 is 6.03 Å². The maximum Gasteiger partial charge on any atom is 0.324 e. The van der Waals surface area contributed by atoms with E-state index in [2.05, 4.69) is 17.4 Å².